The maximum absolute atomic E-state index is 12.7. The Bertz CT molecular complexity index is 780. The van der Waals surface area contributed by atoms with Crippen LogP contribution in [0.2, 0.25) is 0 Å². The molecule has 1 atom stereocenters. The number of carbonyl (C=O) groups is 1. The van der Waals surface area contributed by atoms with E-state index >= 15 is 0 Å². The Hall–Kier alpha value is -2.15. The number of hydrogen-bond donors (Lipinski definition) is 0. The van der Waals surface area contributed by atoms with Gasteiger partial charge in [-0.3, -0.25) is 14.4 Å². The maximum atomic E-state index is 12.7. The molecule has 4 rings (SSSR count). The number of hydrogen-bond acceptors (Lipinski definition) is 4. The number of carbonyl (C=O) groups excluding carboxylic acids is 1. The SMILES string of the molecule is Cc1cc(CN2CCC3(CCCN(C)C3=O)C2)c(C)n1-n1cnnc1. The zero-order valence-corrected chi connectivity index (χ0v) is 15.3. The minimum atomic E-state index is -0.146. The molecular formula is C18H26N6O. The van der Waals surface area contributed by atoms with Gasteiger partial charge in [-0.25, -0.2) is 4.68 Å². The molecule has 1 spiro atoms. The van der Waals surface area contributed by atoms with Crippen molar-refractivity contribution in [1.29, 1.82) is 0 Å². The van der Waals surface area contributed by atoms with E-state index in [0.29, 0.717) is 5.91 Å². The van der Waals surface area contributed by atoms with Gasteiger partial charge in [0.2, 0.25) is 5.91 Å². The predicted octanol–water partition coefficient (Wildman–Crippen LogP) is 1.45. The third kappa shape index (κ3) is 2.66. The van der Waals surface area contributed by atoms with E-state index in [1.54, 1.807) is 12.7 Å². The molecule has 2 fully saturated rings. The van der Waals surface area contributed by atoms with Crippen LogP contribution in [0.15, 0.2) is 18.7 Å². The highest BCUT2D eigenvalue weighted by molar-refractivity contribution is 5.83. The van der Waals surface area contributed by atoms with E-state index in [-0.39, 0.29) is 5.41 Å². The molecule has 7 nitrogen and oxygen atoms in total. The highest BCUT2D eigenvalue weighted by Crippen LogP contribution is 2.40. The molecule has 2 aliphatic heterocycles. The van der Waals surface area contributed by atoms with Gasteiger partial charge in [-0.1, -0.05) is 0 Å². The normalized spacial score (nSPS) is 24.6. The second-order valence-electron chi connectivity index (χ2n) is 7.62. The Morgan fingerprint density at radius 2 is 1.92 bits per heavy atom. The van der Waals surface area contributed by atoms with Gasteiger partial charge < -0.3 is 4.90 Å². The number of piperidine rings is 1. The summed E-state index contributed by atoms with van der Waals surface area (Å²) in [5.41, 5.74) is 3.52. The summed E-state index contributed by atoms with van der Waals surface area (Å²) in [6, 6.07) is 2.23. The van der Waals surface area contributed by atoms with Crippen molar-refractivity contribution in [2.75, 3.05) is 26.7 Å². The third-order valence-corrected chi connectivity index (χ3v) is 5.91. The van der Waals surface area contributed by atoms with E-state index in [1.807, 2.05) is 16.6 Å². The first-order valence-electron chi connectivity index (χ1n) is 9.01. The molecule has 0 aliphatic carbocycles. The summed E-state index contributed by atoms with van der Waals surface area (Å²) in [4.78, 5) is 17.1. The Morgan fingerprint density at radius 1 is 1.16 bits per heavy atom. The molecule has 0 saturated carbocycles. The first-order valence-corrected chi connectivity index (χ1v) is 9.01. The lowest BCUT2D eigenvalue weighted by Crippen LogP contribution is -2.48. The topological polar surface area (TPSA) is 59.2 Å². The summed E-state index contributed by atoms with van der Waals surface area (Å²) in [6.45, 7) is 7.90. The largest absolute Gasteiger partial charge is 0.345 e. The first-order chi connectivity index (χ1) is 12.0. The zero-order valence-electron chi connectivity index (χ0n) is 15.3. The van der Waals surface area contributed by atoms with Gasteiger partial charge in [0, 0.05) is 38.1 Å². The predicted molar refractivity (Wildman–Crippen MR) is 93.9 cm³/mol. The molecule has 2 aliphatic rings. The quantitative estimate of drug-likeness (QED) is 0.847. The summed E-state index contributed by atoms with van der Waals surface area (Å²) in [5.74, 6) is 0.344. The van der Waals surface area contributed by atoms with Crippen molar-refractivity contribution in [3.63, 3.8) is 0 Å². The fourth-order valence-corrected chi connectivity index (χ4v) is 4.61. The van der Waals surface area contributed by atoms with Gasteiger partial charge in [-0.15, -0.1) is 10.2 Å². The summed E-state index contributed by atoms with van der Waals surface area (Å²) in [7, 11) is 1.94. The van der Waals surface area contributed by atoms with Crippen LogP contribution in [0.25, 0.3) is 0 Å². The molecule has 2 aromatic heterocycles. The Labute approximate surface area is 148 Å². The number of rotatable bonds is 3. The van der Waals surface area contributed by atoms with Gasteiger partial charge in [0.05, 0.1) is 5.41 Å². The molecule has 2 saturated heterocycles. The highest BCUT2D eigenvalue weighted by atomic mass is 16.2. The Balaban J connectivity index is 1.53. The van der Waals surface area contributed by atoms with Crippen LogP contribution in [-0.2, 0) is 11.3 Å². The van der Waals surface area contributed by atoms with Crippen LogP contribution in [0.5, 0.6) is 0 Å². The molecule has 7 heteroatoms. The van der Waals surface area contributed by atoms with Crippen molar-refractivity contribution >= 4 is 5.91 Å². The molecule has 4 heterocycles. The maximum Gasteiger partial charge on any atom is 0.229 e. The minimum Gasteiger partial charge on any atom is -0.345 e. The van der Waals surface area contributed by atoms with E-state index in [9.17, 15) is 4.79 Å². The number of amides is 1. The van der Waals surface area contributed by atoms with Gasteiger partial charge in [0.1, 0.15) is 12.7 Å². The lowest BCUT2D eigenvalue weighted by Gasteiger charge is -2.37. The molecule has 0 aromatic carbocycles. The van der Waals surface area contributed by atoms with Crippen molar-refractivity contribution in [2.24, 2.45) is 5.41 Å². The molecule has 2 aromatic rings. The second kappa shape index (κ2) is 5.98. The standard InChI is InChI=1S/C18H26N6O/c1-14-9-16(15(2)24(14)23-12-19-20-13-23)10-22-8-6-18(11-22)5-4-7-21(3)17(18)25/h9,12-13H,4-8,10-11H2,1-3H3. The van der Waals surface area contributed by atoms with Gasteiger partial charge in [-0.2, -0.15) is 0 Å². The molecule has 0 radical (unpaired) electrons. The number of nitrogens with zero attached hydrogens (tertiary/aromatic N) is 6. The van der Waals surface area contributed by atoms with E-state index in [0.717, 1.165) is 51.1 Å². The van der Waals surface area contributed by atoms with Crippen molar-refractivity contribution in [2.45, 2.75) is 39.7 Å². The van der Waals surface area contributed by atoms with E-state index in [4.69, 9.17) is 0 Å². The van der Waals surface area contributed by atoms with Gasteiger partial charge >= 0.3 is 0 Å². The minimum absolute atomic E-state index is 0.146. The van der Waals surface area contributed by atoms with Crippen LogP contribution in [0.4, 0.5) is 0 Å². The molecule has 25 heavy (non-hydrogen) atoms. The molecule has 0 N–H and O–H groups in total. The first kappa shape index (κ1) is 16.3. The van der Waals surface area contributed by atoms with Crippen LogP contribution < -0.4 is 0 Å². The second-order valence-corrected chi connectivity index (χ2v) is 7.62. The van der Waals surface area contributed by atoms with Crippen LogP contribution in [0.1, 0.15) is 36.2 Å². The van der Waals surface area contributed by atoms with E-state index in [2.05, 4.69) is 39.7 Å². The molecule has 1 unspecified atom stereocenters. The smallest absolute Gasteiger partial charge is 0.229 e. The molecule has 134 valence electrons. The van der Waals surface area contributed by atoms with E-state index < -0.39 is 0 Å². The zero-order chi connectivity index (χ0) is 17.6. The van der Waals surface area contributed by atoms with Gasteiger partial charge in [-0.05, 0) is 51.3 Å². The number of aromatic nitrogens is 4. The van der Waals surface area contributed by atoms with Crippen molar-refractivity contribution in [3.05, 3.63) is 35.7 Å². The lowest BCUT2D eigenvalue weighted by molar-refractivity contribution is -0.143. The number of aryl methyl sites for hydroxylation is 1. The molecule has 0 bridgehead atoms. The van der Waals surface area contributed by atoms with Crippen LogP contribution >= 0.6 is 0 Å². The average Bonchev–Trinajstić information content (AvgIpc) is 3.28. The monoisotopic (exact) mass is 342 g/mol. The Kier molecular flexibility index (Phi) is 3.91. The third-order valence-electron chi connectivity index (χ3n) is 5.91. The summed E-state index contributed by atoms with van der Waals surface area (Å²) < 4.78 is 4.03. The highest BCUT2D eigenvalue weighted by Gasteiger charge is 2.47. The van der Waals surface area contributed by atoms with Gasteiger partial charge in [0.15, 0.2) is 0 Å². The molecule has 1 amide bonds. The van der Waals surface area contributed by atoms with Crippen LogP contribution in [0, 0.1) is 19.3 Å². The lowest BCUT2D eigenvalue weighted by atomic mass is 9.78. The van der Waals surface area contributed by atoms with Crippen LogP contribution in [0.3, 0.4) is 0 Å². The number of likely N-dealkylation sites (tertiary alicyclic amines) is 2. The van der Waals surface area contributed by atoms with E-state index in [1.165, 1.54) is 11.3 Å². The summed E-state index contributed by atoms with van der Waals surface area (Å²) in [6.07, 6.45) is 6.57. The van der Waals surface area contributed by atoms with Gasteiger partial charge in [0.25, 0.3) is 0 Å². The van der Waals surface area contributed by atoms with Crippen molar-refractivity contribution in [1.82, 2.24) is 29.3 Å². The fraction of sp³-hybridized carbons (Fsp3) is 0.611. The average molecular weight is 342 g/mol. The summed E-state index contributed by atoms with van der Waals surface area (Å²) in [5, 5.41) is 7.81. The van der Waals surface area contributed by atoms with Crippen molar-refractivity contribution in [3.8, 4) is 0 Å². The molecular weight excluding hydrogens is 316 g/mol. The summed E-state index contributed by atoms with van der Waals surface area (Å²) >= 11 is 0. The Morgan fingerprint density at radius 3 is 2.68 bits per heavy atom. The fourth-order valence-electron chi connectivity index (χ4n) is 4.61. The van der Waals surface area contributed by atoms with Crippen LogP contribution in [-0.4, -0.2) is 61.9 Å². The van der Waals surface area contributed by atoms with Crippen molar-refractivity contribution < 1.29 is 4.79 Å².